The molecular formula is C12H28ClN3O4S. The number of ether oxygens (including phenoxy) is 2. The molecule has 0 spiro atoms. The van der Waals surface area contributed by atoms with E-state index in [2.05, 4.69) is 0 Å². The molecule has 128 valence electrons. The smallest absolute Gasteiger partial charge is 0.282 e. The Kier molecular flexibility index (Phi) is 10.7. The van der Waals surface area contributed by atoms with Crippen molar-refractivity contribution in [2.24, 2.45) is 11.7 Å². The highest BCUT2D eigenvalue weighted by Gasteiger charge is 2.32. The van der Waals surface area contributed by atoms with Crippen LogP contribution in [0.25, 0.3) is 0 Å². The van der Waals surface area contributed by atoms with Gasteiger partial charge in [0.15, 0.2) is 0 Å². The number of rotatable bonds is 9. The Morgan fingerprint density at radius 1 is 1.14 bits per heavy atom. The van der Waals surface area contributed by atoms with Crippen molar-refractivity contribution in [1.82, 2.24) is 8.61 Å². The van der Waals surface area contributed by atoms with Crippen LogP contribution in [0.1, 0.15) is 12.8 Å². The average molecular weight is 346 g/mol. The fourth-order valence-corrected chi connectivity index (χ4v) is 3.88. The lowest BCUT2D eigenvalue weighted by Gasteiger charge is -2.34. The van der Waals surface area contributed by atoms with Gasteiger partial charge in [0.2, 0.25) is 0 Å². The Balaban J connectivity index is 0.00000400. The van der Waals surface area contributed by atoms with Crippen LogP contribution in [0.5, 0.6) is 0 Å². The highest BCUT2D eigenvalue weighted by molar-refractivity contribution is 7.86. The Morgan fingerprint density at radius 3 is 2.00 bits per heavy atom. The molecule has 0 aliphatic carbocycles. The van der Waals surface area contributed by atoms with Gasteiger partial charge in [0.25, 0.3) is 10.2 Å². The van der Waals surface area contributed by atoms with Crippen LogP contribution in [0.4, 0.5) is 0 Å². The van der Waals surface area contributed by atoms with Crippen molar-refractivity contribution in [3.05, 3.63) is 0 Å². The Morgan fingerprint density at radius 2 is 1.62 bits per heavy atom. The molecule has 1 heterocycles. The monoisotopic (exact) mass is 345 g/mol. The summed E-state index contributed by atoms with van der Waals surface area (Å²) in [6, 6.07) is 0. The maximum absolute atomic E-state index is 12.6. The van der Waals surface area contributed by atoms with Crippen LogP contribution in [-0.4, -0.2) is 77.2 Å². The third-order valence-electron chi connectivity index (χ3n) is 3.65. The van der Waals surface area contributed by atoms with Crippen molar-refractivity contribution in [2.75, 3.05) is 60.2 Å². The summed E-state index contributed by atoms with van der Waals surface area (Å²) >= 11 is 0. The van der Waals surface area contributed by atoms with Gasteiger partial charge in [-0.3, -0.25) is 0 Å². The Hall–Kier alpha value is 0.0400. The van der Waals surface area contributed by atoms with Gasteiger partial charge in [-0.1, -0.05) is 0 Å². The Bertz CT molecular complexity index is 354. The van der Waals surface area contributed by atoms with Crippen molar-refractivity contribution in [1.29, 1.82) is 0 Å². The molecule has 1 rings (SSSR count). The van der Waals surface area contributed by atoms with Crippen molar-refractivity contribution in [3.63, 3.8) is 0 Å². The molecule has 0 amide bonds. The molecule has 1 aliphatic rings. The summed E-state index contributed by atoms with van der Waals surface area (Å²) in [6.07, 6.45) is 1.66. The van der Waals surface area contributed by atoms with E-state index in [1.165, 1.54) is 4.31 Å². The summed E-state index contributed by atoms with van der Waals surface area (Å²) < 4.78 is 38.2. The fraction of sp³-hybridized carbons (Fsp3) is 1.00. The molecule has 1 saturated heterocycles. The van der Waals surface area contributed by atoms with E-state index < -0.39 is 10.2 Å². The largest absolute Gasteiger partial charge is 0.383 e. The van der Waals surface area contributed by atoms with Crippen LogP contribution in [-0.2, 0) is 19.7 Å². The zero-order valence-electron chi connectivity index (χ0n) is 12.9. The molecule has 0 bridgehead atoms. The van der Waals surface area contributed by atoms with E-state index in [1.807, 2.05) is 0 Å². The number of nitrogens with two attached hydrogens (primary N) is 1. The van der Waals surface area contributed by atoms with Crippen LogP contribution in [0.2, 0.25) is 0 Å². The first-order chi connectivity index (χ1) is 9.56. The van der Waals surface area contributed by atoms with Crippen LogP contribution < -0.4 is 5.73 Å². The van der Waals surface area contributed by atoms with Crippen LogP contribution in [0.15, 0.2) is 0 Å². The molecule has 0 aromatic heterocycles. The maximum atomic E-state index is 12.6. The van der Waals surface area contributed by atoms with Gasteiger partial charge in [-0.15, -0.1) is 12.4 Å². The van der Waals surface area contributed by atoms with E-state index >= 15 is 0 Å². The zero-order valence-corrected chi connectivity index (χ0v) is 14.5. The molecule has 1 fully saturated rings. The van der Waals surface area contributed by atoms with Gasteiger partial charge >= 0.3 is 0 Å². The fourth-order valence-electron chi connectivity index (χ4n) is 2.27. The first kappa shape index (κ1) is 21.0. The molecule has 0 aromatic rings. The molecular weight excluding hydrogens is 318 g/mol. The highest BCUT2D eigenvalue weighted by atomic mass is 35.5. The number of hydrogen-bond acceptors (Lipinski definition) is 5. The van der Waals surface area contributed by atoms with Gasteiger partial charge in [0.05, 0.1) is 13.2 Å². The third kappa shape index (κ3) is 6.35. The highest BCUT2D eigenvalue weighted by Crippen LogP contribution is 2.20. The van der Waals surface area contributed by atoms with Gasteiger partial charge < -0.3 is 15.2 Å². The summed E-state index contributed by atoms with van der Waals surface area (Å²) in [5.41, 5.74) is 5.64. The van der Waals surface area contributed by atoms with Crippen molar-refractivity contribution in [3.8, 4) is 0 Å². The minimum atomic E-state index is -3.43. The summed E-state index contributed by atoms with van der Waals surface area (Å²) in [7, 11) is -0.308. The molecule has 0 saturated carbocycles. The van der Waals surface area contributed by atoms with Gasteiger partial charge in [0, 0.05) is 40.4 Å². The van der Waals surface area contributed by atoms with E-state index in [9.17, 15) is 8.42 Å². The van der Waals surface area contributed by atoms with Gasteiger partial charge in [-0.2, -0.15) is 17.0 Å². The Labute approximate surface area is 134 Å². The number of halogens is 1. The van der Waals surface area contributed by atoms with E-state index in [0.29, 0.717) is 51.9 Å². The number of nitrogens with zero attached hydrogens (tertiary/aromatic N) is 2. The average Bonchev–Trinajstić information content (AvgIpc) is 2.47. The maximum Gasteiger partial charge on any atom is 0.282 e. The molecule has 0 radical (unpaired) electrons. The summed E-state index contributed by atoms with van der Waals surface area (Å²) in [5, 5.41) is 0. The van der Waals surface area contributed by atoms with Crippen molar-refractivity contribution >= 4 is 22.6 Å². The molecule has 7 nitrogen and oxygen atoms in total. The molecule has 0 atom stereocenters. The SMILES string of the molecule is COCCN(CCOC)S(=O)(=O)N1CCC(CN)CC1.Cl. The molecule has 2 N–H and O–H groups in total. The first-order valence-corrected chi connectivity index (χ1v) is 8.39. The molecule has 0 unspecified atom stereocenters. The van der Waals surface area contributed by atoms with Crippen LogP contribution in [0, 0.1) is 5.92 Å². The predicted octanol–water partition coefficient (Wildman–Crippen LogP) is -0.0815. The minimum Gasteiger partial charge on any atom is -0.383 e. The van der Waals surface area contributed by atoms with Crippen LogP contribution in [0.3, 0.4) is 0 Å². The van der Waals surface area contributed by atoms with E-state index in [4.69, 9.17) is 15.2 Å². The summed E-state index contributed by atoms with van der Waals surface area (Å²) in [5.74, 6) is 0.438. The van der Waals surface area contributed by atoms with E-state index in [0.717, 1.165) is 12.8 Å². The van der Waals surface area contributed by atoms with Gasteiger partial charge in [0.1, 0.15) is 0 Å². The normalized spacial score (nSPS) is 17.9. The number of piperidine rings is 1. The quantitative estimate of drug-likeness (QED) is 0.631. The predicted molar refractivity (Wildman–Crippen MR) is 84.8 cm³/mol. The van der Waals surface area contributed by atoms with E-state index in [1.54, 1.807) is 18.5 Å². The molecule has 0 aromatic carbocycles. The number of methoxy groups -OCH3 is 2. The minimum absolute atomic E-state index is 0. The second kappa shape index (κ2) is 10.7. The summed E-state index contributed by atoms with van der Waals surface area (Å²) in [4.78, 5) is 0. The lowest BCUT2D eigenvalue weighted by molar-refractivity contribution is 0.144. The topological polar surface area (TPSA) is 85.1 Å². The second-order valence-electron chi connectivity index (χ2n) is 4.97. The lowest BCUT2D eigenvalue weighted by atomic mass is 9.99. The van der Waals surface area contributed by atoms with Crippen molar-refractivity contribution in [2.45, 2.75) is 12.8 Å². The van der Waals surface area contributed by atoms with E-state index in [-0.39, 0.29) is 12.4 Å². The van der Waals surface area contributed by atoms with Crippen LogP contribution >= 0.6 is 12.4 Å². The second-order valence-corrected chi connectivity index (χ2v) is 6.90. The molecule has 9 heteroatoms. The lowest BCUT2D eigenvalue weighted by Crippen LogP contribution is -2.49. The zero-order chi connectivity index (χ0) is 15.0. The van der Waals surface area contributed by atoms with Crippen molar-refractivity contribution < 1.29 is 17.9 Å². The molecule has 21 heavy (non-hydrogen) atoms. The third-order valence-corrected chi connectivity index (χ3v) is 5.68. The van der Waals surface area contributed by atoms with Gasteiger partial charge in [-0.05, 0) is 25.3 Å². The molecule has 1 aliphatic heterocycles. The number of hydrogen-bond donors (Lipinski definition) is 1. The van der Waals surface area contributed by atoms with Gasteiger partial charge in [-0.25, -0.2) is 0 Å². The first-order valence-electron chi connectivity index (χ1n) is 6.99. The summed E-state index contributed by atoms with van der Waals surface area (Å²) in [6.45, 7) is 3.16. The standard InChI is InChI=1S/C12H27N3O4S.ClH/c1-18-9-7-15(8-10-19-2)20(16,17)14-5-3-12(11-13)4-6-14;/h12H,3-11,13H2,1-2H3;1H.